The van der Waals surface area contributed by atoms with Crippen molar-refractivity contribution < 1.29 is 22.7 Å². The Labute approximate surface area is 176 Å². The molecule has 9 nitrogen and oxygen atoms in total. The summed E-state index contributed by atoms with van der Waals surface area (Å²) in [4.78, 5) is 31.0. The van der Waals surface area contributed by atoms with E-state index in [0.717, 1.165) is 12.8 Å². The molecule has 10 heteroatoms. The van der Waals surface area contributed by atoms with Crippen molar-refractivity contribution in [2.75, 3.05) is 24.7 Å². The lowest BCUT2D eigenvalue weighted by Crippen LogP contribution is -2.43. The maximum absolute atomic E-state index is 12.7. The van der Waals surface area contributed by atoms with Gasteiger partial charge in [0.05, 0.1) is 23.3 Å². The number of amides is 1. The Kier molecular flexibility index (Phi) is 6.74. The molecular weight excluding hydrogens is 408 g/mol. The Bertz CT molecular complexity index is 1030. The van der Waals surface area contributed by atoms with Gasteiger partial charge in [0.25, 0.3) is 5.91 Å². The number of unbranched alkanes of at least 4 members (excludes halogenated alkanes) is 1. The number of esters is 1. The number of nitrogens with zero attached hydrogens (tertiary/aromatic N) is 4. The van der Waals surface area contributed by atoms with Crippen molar-refractivity contribution in [1.29, 1.82) is 0 Å². The van der Waals surface area contributed by atoms with Crippen LogP contribution < -0.4 is 0 Å². The molecule has 1 saturated heterocycles. The number of ether oxygens (including phenoxy) is 1. The molecule has 1 amide bonds. The average Bonchev–Trinajstić information content (AvgIpc) is 3.28. The summed E-state index contributed by atoms with van der Waals surface area (Å²) in [7, 11) is -3.12. The lowest BCUT2D eigenvalue weighted by molar-refractivity contribution is -0.136. The van der Waals surface area contributed by atoms with E-state index in [0.29, 0.717) is 24.0 Å². The number of rotatable bonds is 8. The standard InChI is InChI=1S/C20H28N4O5S/c1-4-5-7-23(17-6-8-30(27,28)13-17)18(25)12-29-20(26)16-9-15-11-22-24(14(2)3)19(15)21-10-16/h9-11,14,17H,4-8,12-13H2,1-3H3/t17-/m0/s1. The highest BCUT2D eigenvalue weighted by molar-refractivity contribution is 7.91. The van der Waals surface area contributed by atoms with Crippen LogP contribution in [0.2, 0.25) is 0 Å². The van der Waals surface area contributed by atoms with Crippen molar-refractivity contribution in [2.45, 2.75) is 52.1 Å². The van der Waals surface area contributed by atoms with Crippen LogP contribution in [0.1, 0.15) is 56.4 Å². The van der Waals surface area contributed by atoms with Crippen LogP contribution in [0.25, 0.3) is 11.0 Å². The number of hydrogen-bond donors (Lipinski definition) is 0. The zero-order valence-corrected chi connectivity index (χ0v) is 18.4. The Morgan fingerprint density at radius 2 is 2.10 bits per heavy atom. The largest absolute Gasteiger partial charge is 0.452 e. The predicted octanol–water partition coefficient (Wildman–Crippen LogP) is 1.98. The number of pyridine rings is 1. The first kappa shape index (κ1) is 22.2. The van der Waals surface area contributed by atoms with E-state index >= 15 is 0 Å². The number of sulfone groups is 1. The fourth-order valence-electron chi connectivity index (χ4n) is 3.58. The van der Waals surface area contributed by atoms with Crippen LogP contribution in [0.15, 0.2) is 18.5 Å². The third-order valence-electron chi connectivity index (χ3n) is 5.21. The molecule has 3 heterocycles. The van der Waals surface area contributed by atoms with Gasteiger partial charge >= 0.3 is 5.97 Å². The molecule has 2 aromatic heterocycles. The summed E-state index contributed by atoms with van der Waals surface area (Å²) in [6.07, 6.45) is 5.10. The van der Waals surface area contributed by atoms with Gasteiger partial charge in [-0.3, -0.25) is 4.79 Å². The monoisotopic (exact) mass is 436 g/mol. The van der Waals surface area contributed by atoms with Crippen LogP contribution in [0.5, 0.6) is 0 Å². The lowest BCUT2D eigenvalue weighted by Gasteiger charge is -2.28. The summed E-state index contributed by atoms with van der Waals surface area (Å²) in [5.74, 6) is -0.968. The molecule has 0 aliphatic carbocycles. The van der Waals surface area contributed by atoms with Gasteiger partial charge in [0.1, 0.15) is 0 Å². The molecule has 0 aromatic carbocycles. The second kappa shape index (κ2) is 9.11. The summed E-state index contributed by atoms with van der Waals surface area (Å²) >= 11 is 0. The lowest BCUT2D eigenvalue weighted by atomic mass is 10.2. The van der Waals surface area contributed by atoms with Crippen molar-refractivity contribution in [2.24, 2.45) is 0 Å². The predicted molar refractivity (Wildman–Crippen MR) is 112 cm³/mol. The summed E-state index contributed by atoms with van der Waals surface area (Å²) in [5.41, 5.74) is 0.910. The van der Waals surface area contributed by atoms with E-state index in [1.165, 1.54) is 6.20 Å². The van der Waals surface area contributed by atoms with E-state index in [4.69, 9.17) is 4.74 Å². The van der Waals surface area contributed by atoms with Gasteiger partial charge in [0.15, 0.2) is 22.1 Å². The number of aromatic nitrogens is 3. The Hall–Kier alpha value is -2.49. The zero-order valence-electron chi connectivity index (χ0n) is 17.6. The van der Waals surface area contributed by atoms with Gasteiger partial charge in [-0.25, -0.2) is 22.9 Å². The van der Waals surface area contributed by atoms with Gasteiger partial charge in [0.2, 0.25) is 0 Å². The average molecular weight is 437 g/mol. The van der Waals surface area contributed by atoms with Crippen LogP contribution in [0, 0.1) is 0 Å². The molecule has 1 atom stereocenters. The summed E-state index contributed by atoms with van der Waals surface area (Å²) < 4.78 is 30.6. The molecule has 0 saturated carbocycles. The van der Waals surface area contributed by atoms with E-state index in [-0.39, 0.29) is 35.1 Å². The van der Waals surface area contributed by atoms with E-state index in [9.17, 15) is 18.0 Å². The summed E-state index contributed by atoms with van der Waals surface area (Å²) in [6.45, 7) is 6.00. The fraction of sp³-hybridized carbons (Fsp3) is 0.600. The van der Waals surface area contributed by atoms with Crippen LogP contribution in [0.3, 0.4) is 0 Å². The number of fused-ring (bicyclic) bond motifs is 1. The quantitative estimate of drug-likeness (QED) is 0.582. The highest BCUT2D eigenvalue weighted by Crippen LogP contribution is 2.20. The maximum Gasteiger partial charge on any atom is 0.340 e. The van der Waals surface area contributed by atoms with E-state index < -0.39 is 22.4 Å². The molecule has 1 aliphatic rings. The minimum absolute atomic E-state index is 0.0309. The first-order valence-corrected chi connectivity index (χ1v) is 12.0. The van der Waals surface area contributed by atoms with Crippen LogP contribution in [-0.2, 0) is 19.4 Å². The number of hydrogen-bond acceptors (Lipinski definition) is 7. The first-order valence-electron chi connectivity index (χ1n) is 10.2. The molecule has 1 aliphatic heterocycles. The van der Waals surface area contributed by atoms with Crippen molar-refractivity contribution in [3.63, 3.8) is 0 Å². The Balaban J connectivity index is 1.66. The molecule has 1 fully saturated rings. The number of carbonyl (C=O) groups excluding carboxylic acids is 2. The van der Waals surface area contributed by atoms with Crippen molar-refractivity contribution in [3.8, 4) is 0 Å². The van der Waals surface area contributed by atoms with Gasteiger partial charge in [0, 0.05) is 30.2 Å². The number of carbonyl (C=O) groups is 2. The SMILES string of the molecule is CCCCN(C(=O)COC(=O)c1cnc2c(cnn2C(C)C)c1)[C@H]1CCS(=O)(=O)C1. The molecule has 0 unspecified atom stereocenters. The third kappa shape index (κ3) is 4.97. The van der Waals surface area contributed by atoms with Gasteiger partial charge < -0.3 is 9.64 Å². The van der Waals surface area contributed by atoms with E-state index in [2.05, 4.69) is 10.1 Å². The first-order chi connectivity index (χ1) is 14.2. The van der Waals surface area contributed by atoms with Gasteiger partial charge in [-0.2, -0.15) is 5.10 Å². The van der Waals surface area contributed by atoms with Crippen molar-refractivity contribution in [3.05, 3.63) is 24.0 Å². The van der Waals surface area contributed by atoms with Crippen molar-refractivity contribution >= 4 is 32.7 Å². The second-order valence-electron chi connectivity index (χ2n) is 7.89. The molecule has 0 bridgehead atoms. The summed E-state index contributed by atoms with van der Waals surface area (Å²) in [6, 6.07) is 1.42. The second-order valence-corrected chi connectivity index (χ2v) is 10.1. The van der Waals surface area contributed by atoms with Crippen molar-refractivity contribution in [1.82, 2.24) is 19.7 Å². The highest BCUT2D eigenvalue weighted by atomic mass is 32.2. The van der Waals surface area contributed by atoms with Crippen LogP contribution in [-0.4, -0.2) is 70.7 Å². The minimum Gasteiger partial charge on any atom is -0.452 e. The molecule has 3 rings (SSSR count). The molecule has 0 radical (unpaired) electrons. The van der Waals surface area contributed by atoms with Gasteiger partial charge in [-0.05, 0) is 32.8 Å². The molecule has 0 N–H and O–H groups in total. The molecule has 164 valence electrons. The van der Waals surface area contributed by atoms with E-state index in [1.54, 1.807) is 21.8 Å². The van der Waals surface area contributed by atoms with Gasteiger partial charge in [-0.1, -0.05) is 13.3 Å². The molecule has 2 aromatic rings. The minimum atomic E-state index is -3.12. The van der Waals surface area contributed by atoms with Crippen LogP contribution >= 0.6 is 0 Å². The van der Waals surface area contributed by atoms with Gasteiger partial charge in [-0.15, -0.1) is 0 Å². The summed E-state index contributed by atoms with van der Waals surface area (Å²) in [5, 5.41) is 4.98. The highest BCUT2D eigenvalue weighted by Gasteiger charge is 2.34. The zero-order chi connectivity index (χ0) is 21.9. The maximum atomic E-state index is 12.7. The smallest absolute Gasteiger partial charge is 0.340 e. The Morgan fingerprint density at radius 1 is 1.33 bits per heavy atom. The molecule has 0 spiro atoms. The normalized spacial score (nSPS) is 18.1. The molecule has 30 heavy (non-hydrogen) atoms. The topological polar surface area (TPSA) is 111 Å². The fourth-order valence-corrected chi connectivity index (χ4v) is 5.31. The van der Waals surface area contributed by atoms with Crippen LogP contribution in [0.4, 0.5) is 0 Å². The van der Waals surface area contributed by atoms with E-state index in [1.807, 2.05) is 20.8 Å². The Morgan fingerprint density at radius 3 is 2.73 bits per heavy atom. The third-order valence-corrected chi connectivity index (χ3v) is 6.96. The molecular formula is C20H28N4O5S.